The Morgan fingerprint density at radius 1 is 1.00 bits per heavy atom. The molecule has 192 valence electrons. The fourth-order valence-corrected chi connectivity index (χ4v) is 5.90. The number of nitrogens with zero attached hydrogens (tertiary/aromatic N) is 3. The Morgan fingerprint density at radius 3 is 2.42 bits per heavy atom. The fraction of sp³-hybridized carbons (Fsp3) is 0.194. The summed E-state index contributed by atoms with van der Waals surface area (Å²) in [4.78, 5) is 27.2. The SMILES string of the molecule is Cc1ccc(-n2c(C)cc(/C=N/NC(=O)c3ccc(C4SCC(=O)N4Cc4ccccc4)cc3)c2C)cc1. The van der Waals surface area contributed by atoms with Crippen molar-refractivity contribution in [3.05, 3.63) is 124 Å². The Labute approximate surface area is 227 Å². The van der Waals surface area contributed by atoms with Crippen molar-refractivity contribution in [2.24, 2.45) is 5.10 Å². The second kappa shape index (κ2) is 11.1. The molecular weight excluding hydrogens is 492 g/mol. The van der Waals surface area contributed by atoms with Crippen LogP contribution in [0.25, 0.3) is 5.69 Å². The van der Waals surface area contributed by atoms with Crippen molar-refractivity contribution in [2.45, 2.75) is 32.7 Å². The molecule has 1 aliphatic rings. The second-order valence-electron chi connectivity index (χ2n) is 9.49. The van der Waals surface area contributed by atoms with Crippen LogP contribution in [0.5, 0.6) is 0 Å². The molecule has 2 heterocycles. The molecule has 1 fully saturated rings. The topological polar surface area (TPSA) is 66.7 Å². The predicted octanol–water partition coefficient (Wildman–Crippen LogP) is 5.94. The summed E-state index contributed by atoms with van der Waals surface area (Å²) in [5.74, 6) is 0.303. The zero-order chi connectivity index (χ0) is 26.6. The van der Waals surface area contributed by atoms with Gasteiger partial charge in [0.05, 0.1) is 12.0 Å². The van der Waals surface area contributed by atoms with E-state index in [-0.39, 0.29) is 17.2 Å². The molecule has 5 rings (SSSR count). The van der Waals surface area contributed by atoms with Crippen LogP contribution < -0.4 is 5.43 Å². The number of thioether (sulfide) groups is 1. The average molecular weight is 523 g/mol. The molecule has 1 aliphatic heterocycles. The van der Waals surface area contributed by atoms with Gasteiger partial charge in [0.2, 0.25) is 5.91 Å². The van der Waals surface area contributed by atoms with E-state index in [1.165, 1.54) is 5.56 Å². The van der Waals surface area contributed by atoms with Gasteiger partial charge in [0.15, 0.2) is 0 Å². The molecular formula is C31H30N4O2S. The summed E-state index contributed by atoms with van der Waals surface area (Å²) in [7, 11) is 0. The van der Waals surface area contributed by atoms with Crippen LogP contribution in [0.15, 0.2) is 90.0 Å². The van der Waals surface area contributed by atoms with E-state index in [0.29, 0.717) is 17.9 Å². The molecule has 1 aromatic heterocycles. The molecule has 0 aliphatic carbocycles. The van der Waals surface area contributed by atoms with E-state index >= 15 is 0 Å². The highest BCUT2D eigenvalue weighted by Crippen LogP contribution is 2.39. The first-order chi connectivity index (χ1) is 18.4. The van der Waals surface area contributed by atoms with Gasteiger partial charge in [-0.2, -0.15) is 5.10 Å². The summed E-state index contributed by atoms with van der Waals surface area (Å²) >= 11 is 1.61. The van der Waals surface area contributed by atoms with Gasteiger partial charge in [-0.05, 0) is 62.2 Å². The second-order valence-corrected chi connectivity index (χ2v) is 10.6. The largest absolute Gasteiger partial charge is 0.322 e. The number of carbonyl (C=O) groups excluding carboxylic acids is 2. The van der Waals surface area contributed by atoms with Crippen LogP contribution in [-0.2, 0) is 11.3 Å². The quantitative estimate of drug-likeness (QED) is 0.241. The molecule has 1 saturated heterocycles. The van der Waals surface area contributed by atoms with E-state index in [0.717, 1.165) is 33.8 Å². The van der Waals surface area contributed by atoms with Gasteiger partial charge in [-0.3, -0.25) is 9.59 Å². The summed E-state index contributed by atoms with van der Waals surface area (Å²) in [6.07, 6.45) is 1.68. The summed E-state index contributed by atoms with van der Waals surface area (Å²) < 4.78 is 2.17. The minimum Gasteiger partial charge on any atom is -0.322 e. The number of nitrogens with one attached hydrogen (secondary N) is 1. The van der Waals surface area contributed by atoms with Crippen LogP contribution in [0.4, 0.5) is 0 Å². The number of hydrogen-bond donors (Lipinski definition) is 1. The molecule has 7 heteroatoms. The number of hydrazone groups is 1. The van der Waals surface area contributed by atoms with Crippen molar-refractivity contribution >= 4 is 29.8 Å². The van der Waals surface area contributed by atoms with Gasteiger partial charge in [-0.1, -0.05) is 60.2 Å². The van der Waals surface area contributed by atoms with Crippen LogP contribution >= 0.6 is 11.8 Å². The van der Waals surface area contributed by atoms with Crippen LogP contribution in [-0.4, -0.2) is 33.2 Å². The van der Waals surface area contributed by atoms with Gasteiger partial charge >= 0.3 is 0 Å². The molecule has 1 atom stereocenters. The third-order valence-corrected chi connectivity index (χ3v) is 8.01. The highest BCUT2D eigenvalue weighted by Gasteiger charge is 2.32. The van der Waals surface area contributed by atoms with Crippen molar-refractivity contribution in [3.8, 4) is 5.69 Å². The van der Waals surface area contributed by atoms with Gasteiger partial charge in [-0.25, -0.2) is 5.43 Å². The number of rotatable bonds is 7. The first-order valence-corrected chi connectivity index (χ1v) is 13.6. The fourth-order valence-electron chi connectivity index (χ4n) is 4.71. The Bertz CT molecular complexity index is 1480. The molecule has 4 aromatic rings. The van der Waals surface area contributed by atoms with Crippen molar-refractivity contribution in [3.63, 3.8) is 0 Å². The first kappa shape index (κ1) is 25.5. The number of aryl methyl sites for hydroxylation is 2. The summed E-state index contributed by atoms with van der Waals surface area (Å²) in [5.41, 5.74) is 10.7. The lowest BCUT2D eigenvalue weighted by Crippen LogP contribution is -2.27. The first-order valence-electron chi connectivity index (χ1n) is 12.5. The minimum atomic E-state index is -0.281. The molecule has 0 bridgehead atoms. The predicted molar refractivity (Wildman–Crippen MR) is 154 cm³/mol. The van der Waals surface area contributed by atoms with Crippen molar-refractivity contribution < 1.29 is 9.59 Å². The number of hydrogen-bond acceptors (Lipinski definition) is 4. The number of aromatic nitrogens is 1. The van der Waals surface area contributed by atoms with E-state index in [1.807, 2.05) is 54.3 Å². The zero-order valence-corrected chi connectivity index (χ0v) is 22.5. The van der Waals surface area contributed by atoms with Crippen LogP contribution in [0.3, 0.4) is 0 Å². The van der Waals surface area contributed by atoms with E-state index in [2.05, 4.69) is 59.3 Å². The molecule has 0 saturated carbocycles. The maximum atomic E-state index is 12.7. The Morgan fingerprint density at radius 2 is 1.71 bits per heavy atom. The third kappa shape index (κ3) is 5.43. The summed E-state index contributed by atoms with van der Waals surface area (Å²) in [6, 6.07) is 27.8. The third-order valence-electron chi connectivity index (χ3n) is 6.75. The Kier molecular flexibility index (Phi) is 7.47. The lowest BCUT2D eigenvalue weighted by Gasteiger charge is -2.24. The van der Waals surface area contributed by atoms with Crippen LogP contribution in [0, 0.1) is 20.8 Å². The van der Waals surface area contributed by atoms with Crippen LogP contribution in [0.2, 0.25) is 0 Å². The van der Waals surface area contributed by atoms with Crippen molar-refractivity contribution in [1.82, 2.24) is 14.9 Å². The summed E-state index contributed by atoms with van der Waals surface area (Å²) in [6.45, 7) is 6.74. The molecule has 2 amide bonds. The normalized spacial score (nSPS) is 15.4. The Balaban J connectivity index is 1.24. The highest BCUT2D eigenvalue weighted by atomic mass is 32.2. The Hall–Kier alpha value is -4.10. The van der Waals surface area contributed by atoms with Crippen LogP contribution in [0.1, 0.15) is 49.4 Å². The van der Waals surface area contributed by atoms with E-state index in [1.54, 1.807) is 30.1 Å². The molecule has 0 radical (unpaired) electrons. The average Bonchev–Trinajstić information content (AvgIpc) is 3.43. The van der Waals surface area contributed by atoms with Gasteiger partial charge < -0.3 is 9.47 Å². The molecule has 3 aromatic carbocycles. The number of amides is 2. The van der Waals surface area contributed by atoms with Crippen molar-refractivity contribution in [2.75, 3.05) is 5.75 Å². The molecule has 1 unspecified atom stereocenters. The molecule has 38 heavy (non-hydrogen) atoms. The monoisotopic (exact) mass is 522 g/mol. The van der Waals surface area contributed by atoms with Gasteiger partial charge in [0.1, 0.15) is 5.37 Å². The zero-order valence-electron chi connectivity index (χ0n) is 21.7. The molecule has 1 N–H and O–H groups in total. The molecule has 0 spiro atoms. The standard InChI is InChI=1S/C31H30N4O2S/c1-21-9-15-28(16-10-21)35-22(2)17-27(23(35)3)18-32-33-30(37)25-11-13-26(14-12-25)31-34(29(36)20-38-31)19-24-7-5-4-6-8-24/h4-18,31H,19-20H2,1-3H3,(H,33,37)/b32-18+. The van der Waals surface area contributed by atoms with Crippen molar-refractivity contribution in [1.29, 1.82) is 0 Å². The van der Waals surface area contributed by atoms with E-state index < -0.39 is 0 Å². The number of carbonyl (C=O) groups is 2. The van der Waals surface area contributed by atoms with Gasteiger partial charge in [0.25, 0.3) is 5.91 Å². The smallest absolute Gasteiger partial charge is 0.271 e. The minimum absolute atomic E-state index is 0.0679. The molecule has 6 nitrogen and oxygen atoms in total. The maximum Gasteiger partial charge on any atom is 0.271 e. The lowest BCUT2D eigenvalue weighted by atomic mass is 10.1. The lowest BCUT2D eigenvalue weighted by molar-refractivity contribution is -0.128. The number of benzene rings is 3. The van der Waals surface area contributed by atoms with E-state index in [9.17, 15) is 9.59 Å². The van der Waals surface area contributed by atoms with Gasteiger partial charge in [-0.15, -0.1) is 11.8 Å². The van der Waals surface area contributed by atoms with E-state index in [4.69, 9.17) is 0 Å². The highest BCUT2D eigenvalue weighted by molar-refractivity contribution is 8.00. The summed E-state index contributed by atoms with van der Waals surface area (Å²) in [5, 5.41) is 4.15. The maximum absolute atomic E-state index is 12.7. The van der Waals surface area contributed by atoms with Gasteiger partial charge in [0, 0.05) is 34.7 Å².